The molecule has 2 aromatic heterocycles. The number of aromatic nitrogens is 3. The Morgan fingerprint density at radius 1 is 1.10 bits per heavy atom. The lowest BCUT2D eigenvalue weighted by Crippen LogP contribution is -2.47. The van der Waals surface area contributed by atoms with Crippen molar-refractivity contribution in [2.45, 2.75) is 25.9 Å². The van der Waals surface area contributed by atoms with Crippen molar-refractivity contribution in [1.82, 2.24) is 19.1 Å². The fourth-order valence-corrected chi connectivity index (χ4v) is 4.42. The van der Waals surface area contributed by atoms with Gasteiger partial charge in [0.1, 0.15) is 0 Å². The van der Waals surface area contributed by atoms with Crippen LogP contribution in [0.4, 0.5) is 5.69 Å². The summed E-state index contributed by atoms with van der Waals surface area (Å²) < 4.78 is 3.22. The summed E-state index contributed by atoms with van der Waals surface area (Å²) in [5, 5.41) is 4.46. The average molecular weight is 391 g/mol. The molecule has 29 heavy (non-hydrogen) atoms. The molecule has 1 aliphatic carbocycles. The minimum absolute atomic E-state index is 0.0542. The summed E-state index contributed by atoms with van der Waals surface area (Å²) in [6.07, 6.45) is 2.89. The van der Waals surface area contributed by atoms with E-state index in [-0.39, 0.29) is 11.5 Å². The molecule has 0 bridgehead atoms. The molecule has 2 unspecified atom stereocenters. The molecule has 2 aliphatic rings. The van der Waals surface area contributed by atoms with Gasteiger partial charge in [-0.15, -0.1) is 5.10 Å². The number of piperazine rings is 1. The molecule has 7 nitrogen and oxygen atoms in total. The lowest BCUT2D eigenvalue weighted by molar-refractivity contribution is 0.101. The second-order valence-corrected chi connectivity index (χ2v) is 8.09. The largest absolute Gasteiger partial charge is 0.369 e. The van der Waals surface area contributed by atoms with Gasteiger partial charge in [-0.3, -0.25) is 14.1 Å². The molecule has 2 fully saturated rings. The molecule has 1 saturated heterocycles. The maximum atomic E-state index is 12.5. The maximum absolute atomic E-state index is 12.5. The molecule has 3 aromatic rings. The van der Waals surface area contributed by atoms with Crippen LogP contribution in [0, 0.1) is 5.92 Å². The summed E-state index contributed by atoms with van der Waals surface area (Å²) in [7, 11) is 0. The van der Waals surface area contributed by atoms with Gasteiger partial charge in [-0.25, -0.2) is 9.48 Å². The van der Waals surface area contributed by atoms with Gasteiger partial charge in [-0.05, 0) is 43.5 Å². The van der Waals surface area contributed by atoms with Gasteiger partial charge in [0, 0.05) is 49.7 Å². The summed E-state index contributed by atoms with van der Waals surface area (Å²) >= 11 is 0. The molecule has 0 spiro atoms. The summed E-state index contributed by atoms with van der Waals surface area (Å²) in [6, 6.07) is 14.1. The SMILES string of the molecule is CC(=O)c1cccc(N2CCN(C3CC3Cn3nc4ccccn4c3=O)CC2)c1. The summed E-state index contributed by atoms with van der Waals surface area (Å²) in [4.78, 5) is 29.0. The van der Waals surface area contributed by atoms with Crippen molar-refractivity contribution in [2.75, 3.05) is 31.1 Å². The first-order valence-electron chi connectivity index (χ1n) is 10.2. The van der Waals surface area contributed by atoms with E-state index in [0.717, 1.165) is 43.9 Å². The lowest BCUT2D eigenvalue weighted by Gasteiger charge is -2.36. The van der Waals surface area contributed by atoms with Gasteiger partial charge in [-0.2, -0.15) is 0 Å². The first-order chi connectivity index (χ1) is 14.1. The van der Waals surface area contributed by atoms with Crippen molar-refractivity contribution in [2.24, 2.45) is 5.92 Å². The molecule has 1 aliphatic heterocycles. The van der Waals surface area contributed by atoms with Crippen LogP contribution in [0.15, 0.2) is 53.5 Å². The molecule has 0 radical (unpaired) electrons. The third-order valence-corrected chi connectivity index (χ3v) is 6.18. The Bertz CT molecular complexity index is 1110. The Hall–Kier alpha value is -2.93. The van der Waals surface area contributed by atoms with Gasteiger partial charge in [0.25, 0.3) is 0 Å². The number of carbonyl (C=O) groups is 1. The fourth-order valence-electron chi connectivity index (χ4n) is 4.42. The molecule has 7 heteroatoms. The van der Waals surface area contributed by atoms with E-state index < -0.39 is 0 Å². The van der Waals surface area contributed by atoms with E-state index in [4.69, 9.17) is 0 Å². The lowest BCUT2D eigenvalue weighted by atomic mass is 10.1. The molecule has 1 aromatic carbocycles. The minimum Gasteiger partial charge on any atom is -0.369 e. The van der Waals surface area contributed by atoms with Gasteiger partial charge in [0.05, 0.1) is 6.54 Å². The van der Waals surface area contributed by atoms with E-state index >= 15 is 0 Å². The maximum Gasteiger partial charge on any atom is 0.350 e. The second kappa shape index (κ2) is 7.15. The normalized spacial score (nSPS) is 22.2. The van der Waals surface area contributed by atoms with Crippen LogP contribution in [0.25, 0.3) is 5.65 Å². The highest BCUT2D eigenvalue weighted by atomic mass is 16.2. The van der Waals surface area contributed by atoms with Crippen LogP contribution in [0.1, 0.15) is 23.7 Å². The van der Waals surface area contributed by atoms with Crippen LogP contribution in [0.5, 0.6) is 0 Å². The number of Topliss-reactive ketones (excluding diaryl/α,β-unsaturated/α-hetero) is 1. The van der Waals surface area contributed by atoms with Gasteiger partial charge in [-0.1, -0.05) is 18.2 Å². The number of carbonyl (C=O) groups excluding carboxylic acids is 1. The molecular formula is C22H25N5O2. The van der Waals surface area contributed by atoms with E-state index in [1.165, 1.54) is 0 Å². The number of fused-ring (bicyclic) bond motifs is 1. The summed E-state index contributed by atoms with van der Waals surface area (Å²) in [5.74, 6) is 0.596. The van der Waals surface area contributed by atoms with Gasteiger partial charge in [0.2, 0.25) is 0 Å². The Balaban J connectivity index is 1.19. The number of benzene rings is 1. The van der Waals surface area contributed by atoms with E-state index in [1.807, 2.05) is 36.4 Å². The van der Waals surface area contributed by atoms with Crippen LogP contribution in [-0.4, -0.2) is 57.1 Å². The number of anilines is 1. The Kier molecular flexibility index (Phi) is 4.47. The van der Waals surface area contributed by atoms with Gasteiger partial charge < -0.3 is 4.90 Å². The molecule has 150 valence electrons. The number of hydrogen-bond donors (Lipinski definition) is 0. The third-order valence-electron chi connectivity index (χ3n) is 6.18. The summed E-state index contributed by atoms with van der Waals surface area (Å²) in [5.41, 5.74) is 2.54. The van der Waals surface area contributed by atoms with Crippen LogP contribution in [0.3, 0.4) is 0 Å². The van der Waals surface area contributed by atoms with Crippen LogP contribution in [0.2, 0.25) is 0 Å². The molecule has 1 saturated carbocycles. The third kappa shape index (κ3) is 3.46. The molecular weight excluding hydrogens is 366 g/mol. The standard InChI is InChI=1S/C22H25N5O2/c1-16(28)17-5-4-6-19(13-17)24-9-11-25(12-10-24)20-14-18(20)15-27-22(29)26-8-3-2-7-21(26)23-27/h2-8,13,18,20H,9-12,14-15H2,1H3. The Morgan fingerprint density at radius 2 is 1.93 bits per heavy atom. The number of nitrogens with zero attached hydrogens (tertiary/aromatic N) is 5. The molecule has 0 amide bonds. The number of hydrogen-bond acceptors (Lipinski definition) is 5. The zero-order chi connectivity index (χ0) is 20.0. The predicted molar refractivity (Wildman–Crippen MR) is 112 cm³/mol. The van der Waals surface area contributed by atoms with Crippen molar-refractivity contribution < 1.29 is 4.79 Å². The van der Waals surface area contributed by atoms with Gasteiger partial charge >= 0.3 is 5.69 Å². The smallest absolute Gasteiger partial charge is 0.350 e. The van der Waals surface area contributed by atoms with Gasteiger partial charge in [0.15, 0.2) is 11.4 Å². The van der Waals surface area contributed by atoms with E-state index in [0.29, 0.717) is 24.2 Å². The van der Waals surface area contributed by atoms with Crippen LogP contribution >= 0.6 is 0 Å². The van der Waals surface area contributed by atoms with Crippen molar-refractivity contribution >= 4 is 17.1 Å². The molecule has 2 atom stereocenters. The summed E-state index contributed by atoms with van der Waals surface area (Å²) in [6.45, 7) is 6.22. The van der Waals surface area contributed by atoms with Crippen molar-refractivity contribution in [1.29, 1.82) is 0 Å². The molecule has 3 heterocycles. The highest BCUT2D eigenvalue weighted by Crippen LogP contribution is 2.37. The zero-order valence-corrected chi connectivity index (χ0v) is 16.6. The van der Waals surface area contributed by atoms with E-state index in [9.17, 15) is 9.59 Å². The predicted octanol–water partition coefficient (Wildman–Crippen LogP) is 1.91. The highest BCUT2D eigenvalue weighted by Gasteiger charge is 2.43. The Morgan fingerprint density at radius 3 is 2.69 bits per heavy atom. The van der Waals surface area contributed by atoms with Crippen LogP contribution < -0.4 is 10.6 Å². The van der Waals surface area contributed by atoms with Crippen molar-refractivity contribution in [3.8, 4) is 0 Å². The quantitative estimate of drug-likeness (QED) is 0.622. The van der Waals surface area contributed by atoms with Crippen molar-refractivity contribution in [3.05, 3.63) is 64.7 Å². The number of ketones is 1. The van der Waals surface area contributed by atoms with Crippen molar-refractivity contribution in [3.63, 3.8) is 0 Å². The van der Waals surface area contributed by atoms with E-state index in [2.05, 4.69) is 21.0 Å². The number of pyridine rings is 1. The monoisotopic (exact) mass is 391 g/mol. The van der Waals surface area contributed by atoms with Crippen LogP contribution in [-0.2, 0) is 6.54 Å². The molecule has 0 N–H and O–H groups in total. The first kappa shape index (κ1) is 18.1. The van der Waals surface area contributed by atoms with E-state index in [1.54, 1.807) is 22.2 Å². The second-order valence-electron chi connectivity index (χ2n) is 8.09. The molecule has 5 rings (SSSR count). The Labute approximate surface area is 169 Å². The highest BCUT2D eigenvalue weighted by molar-refractivity contribution is 5.95. The topological polar surface area (TPSA) is 62.9 Å². The minimum atomic E-state index is -0.0542. The fraction of sp³-hybridized carbons (Fsp3) is 0.409. The average Bonchev–Trinajstić information content (AvgIpc) is 3.45. The zero-order valence-electron chi connectivity index (χ0n) is 16.6. The first-order valence-corrected chi connectivity index (χ1v) is 10.2. The number of rotatable bonds is 5.